The van der Waals surface area contributed by atoms with Gasteiger partial charge in [0.15, 0.2) is 0 Å². The molecular weight excluding hydrogens is 292 g/mol. The molecule has 0 aliphatic heterocycles. The number of carboxylic acids is 1. The van der Waals surface area contributed by atoms with Gasteiger partial charge in [0.25, 0.3) is 0 Å². The fraction of sp³-hybridized carbons (Fsp3) is 0.947. The molecule has 0 aromatic heterocycles. The Bertz CT molecular complexity index is 347. The quantitative estimate of drug-likeness (QED) is 0.419. The molecular formula is C19H36O4. The Morgan fingerprint density at radius 3 is 2.22 bits per heavy atom. The van der Waals surface area contributed by atoms with Crippen LogP contribution in [0.5, 0.6) is 0 Å². The van der Waals surface area contributed by atoms with Crippen LogP contribution in [-0.4, -0.2) is 34.0 Å². The smallest absolute Gasteiger partial charge is 0.303 e. The van der Waals surface area contributed by atoms with Gasteiger partial charge in [-0.25, -0.2) is 0 Å². The summed E-state index contributed by atoms with van der Waals surface area (Å²) in [4.78, 5) is 10.8. The van der Waals surface area contributed by atoms with Crippen LogP contribution in [0.25, 0.3) is 0 Å². The fourth-order valence-electron chi connectivity index (χ4n) is 3.54. The molecule has 1 saturated carbocycles. The van der Waals surface area contributed by atoms with E-state index in [1.165, 1.54) is 19.3 Å². The van der Waals surface area contributed by atoms with E-state index in [0.29, 0.717) is 12.0 Å². The maximum absolute atomic E-state index is 10.8. The molecule has 0 amide bonds. The lowest BCUT2D eigenvalue weighted by Gasteiger charge is -2.22. The predicted molar refractivity (Wildman–Crippen MR) is 92.3 cm³/mol. The van der Waals surface area contributed by atoms with Crippen molar-refractivity contribution in [2.75, 3.05) is 6.61 Å². The van der Waals surface area contributed by atoms with Gasteiger partial charge < -0.3 is 15.3 Å². The van der Waals surface area contributed by atoms with E-state index >= 15 is 0 Å². The molecule has 1 atom stereocenters. The zero-order chi connectivity index (χ0) is 17.3. The summed E-state index contributed by atoms with van der Waals surface area (Å²) >= 11 is 0. The second kappa shape index (κ2) is 9.63. The average Bonchev–Trinajstić information content (AvgIpc) is 3.19. The average molecular weight is 328 g/mol. The minimum atomic E-state index is -0.732. The van der Waals surface area contributed by atoms with Crippen LogP contribution >= 0.6 is 0 Å². The van der Waals surface area contributed by atoms with Crippen molar-refractivity contribution >= 4 is 5.97 Å². The van der Waals surface area contributed by atoms with Gasteiger partial charge in [-0.1, -0.05) is 39.5 Å². The maximum Gasteiger partial charge on any atom is 0.303 e. The molecule has 1 aliphatic carbocycles. The Morgan fingerprint density at radius 1 is 1.09 bits per heavy atom. The zero-order valence-electron chi connectivity index (χ0n) is 15.0. The molecule has 0 heterocycles. The maximum atomic E-state index is 10.8. The topological polar surface area (TPSA) is 77.8 Å². The molecule has 1 unspecified atom stereocenters. The molecule has 0 aromatic carbocycles. The van der Waals surface area contributed by atoms with Crippen molar-refractivity contribution < 1.29 is 20.1 Å². The summed E-state index contributed by atoms with van der Waals surface area (Å²) in [5.74, 6) is -0.732. The van der Waals surface area contributed by atoms with E-state index in [4.69, 9.17) is 10.2 Å². The highest BCUT2D eigenvalue weighted by atomic mass is 16.4. The monoisotopic (exact) mass is 328 g/mol. The van der Waals surface area contributed by atoms with Crippen LogP contribution < -0.4 is 0 Å². The molecule has 1 rings (SSSR count). The number of rotatable bonds is 14. The molecule has 1 fully saturated rings. The lowest BCUT2D eigenvalue weighted by Crippen LogP contribution is -2.17. The Balaban J connectivity index is 2.00. The third-order valence-electron chi connectivity index (χ3n) is 5.36. The summed E-state index contributed by atoms with van der Waals surface area (Å²) in [5.41, 5.74) is 0.289. The van der Waals surface area contributed by atoms with Gasteiger partial charge in [-0.2, -0.15) is 0 Å². The number of aliphatic hydroxyl groups is 2. The van der Waals surface area contributed by atoms with Crippen LogP contribution in [0.2, 0.25) is 0 Å². The van der Waals surface area contributed by atoms with Gasteiger partial charge in [0.2, 0.25) is 0 Å². The molecule has 4 nitrogen and oxygen atoms in total. The second-order valence-corrected chi connectivity index (χ2v) is 8.35. The molecule has 136 valence electrons. The summed E-state index contributed by atoms with van der Waals surface area (Å²) in [6.07, 6.45) is 11.4. The highest BCUT2D eigenvalue weighted by Gasteiger charge is 2.40. The Kier molecular flexibility index (Phi) is 8.56. The molecule has 1 aliphatic rings. The first-order valence-electron chi connectivity index (χ1n) is 9.29. The first-order chi connectivity index (χ1) is 10.8. The first-order valence-corrected chi connectivity index (χ1v) is 9.29. The van der Waals surface area contributed by atoms with Crippen LogP contribution in [-0.2, 0) is 4.79 Å². The second-order valence-electron chi connectivity index (χ2n) is 8.35. The lowest BCUT2D eigenvalue weighted by molar-refractivity contribution is -0.139. The number of unbranched alkanes of at least 4 members (excludes halogenated alkanes) is 2. The van der Waals surface area contributed by atoms with E-state index in [1.807, 2.05) is 13.8 Å². The van der Waals surface area contributed by atoms with Crippen LogP contribution in [0.15, 0.2) is 0 Å². The van der Waals surface area contributed by atoms with Crippen molar-refractivity contribution in [1.82, 2.24) is 0 Å². The van der Waals surface area contributed by atoms with Crippen LogP contribution in [0.3, 0.4) is 0 Å². The number of hydrogen-bond acceptors (Lipinski definition) is 3. The number of aliphatic carboxylic acids is 1. The van der Waals surface area contributed by atoms with Crippen molar-refractivity contribution in [1.29, 1.82) is 0 Å². The van der Waals surface area contributed by atoms with Crippen molar-refractivity contribution in [2.45, 2.75) is 97.0 Å². The van der Waals surface area contributed by atoms with E-state index < -0.39 is 5.97 Å². The van der Waals surface area contributed by atoms with Crippen molar-refractivity contribution in [3.63, 3.8) is 0 Å². The SMILES string of the molecule is CC(C)(CCCCC(O)CCCCC1(CCO)CC1)CC(=O)O. The summed E-state index contributed by atoms with van der Waals surface area (Å²) in [6.45, 7) is 4.30. The normalized spacial score (nSPS) is 17.9. The Hall–Kier alpha value is -0.610. The molecule has 0 bridgehead atoms. The van der Waals surface area contributed by atoms with E-state index in [2.05, 4.69) is 0 Å². The minimum Gasteiger partial charge on any atom is -0.481 e. The standard InChI is InChI=1S/C19H36O4/c1-18(2,15-17(22)23)9-5-3-7-16(21)8-4-6-10-19(11-12-19)13-14-20/h16,20-21H,3-15H2,1-2H3,(H,22,23). The van der Waals surface area contributed by atoms with Crippen molar-refractivity contribution in [2.24, 2.45) is 10.8 Å². The van der Waals surface area contributed by atoms with Gasteiger partial charge in [-0.15, -0.1) is 0 Å². The van der Waals surface area contributed by atoms with Crippen molar-refractivity contribution in [3.8, 4) is 0 Å². The summed E-state index contributed by atoms with van der Waals surface area (Å²) in [5, 5.41) is 27.9. The third kappa shape index (κ3) is 9.31. The molecule has 0 radical (unpaired) electrons. The van der Waals surface area contributed by atoms with E-state index in [-0.39, 0.29) is 17.9 Å². The summed E-state index contributed by atoms with van der Waals surface area (Å²) in [6, 6.07) is 0. The Labute approximate surface area is 141 Å². The van der Waals surface area contributed by atoms with Crippen LogP contribution in [0.4, 0.5) is 0 Å². The summed E-state index contributed by atoms with van der Waals surface area (Å²) in [7, 11) is 0. The van der Waals surface area contributed by atoms with Gasteiger partial charge >= 0.3 is 5.97 Å². The molecule has 23 heavy (non-hydrogen) atoms. The number of hydrogen-bond donors (Lipinski definition) is 3. The first kappa shape index (κ1) is 20.4. The molecule has 3 N–H and O–H groups in total. The van der Waals surface area contributed by atoms with E-state index in [9.17, 15) is 9.90 Å². The predicted octanol–water partition coefficient (Wildman–Crippen LogP) is 4.13. The molecule has 4 heteroatoms. The van der Waals surface area contributed by atoms with Crippen molar-refractivity contribution in [3.05, 3.63) is 0 Å². The lowest BCUT2D eigenvalue weighted by atomic mass is 9.83. The largest absolute Gasteiger partial charge is 0.481 e. The van der Waals surface area contributed by atoms with Gasteiger partial charge in [-0.3, -0.25) is 4.79 Å². The van der Waals surface area contributed by atoms with Gasteiger partial charge in [0, 0.05) is 6.61 Å². The Morgan fingerprint density at radius 2 is 1.70 bits per heavy atom. The van der Waals surface area contributed by atoms with E-state index in [1.54, 1.807) is 0 Å². The van der Waals surface area contributed by atoms with Gasteiger partial charge in [-0.05, 0) is 55.8 Å². The third-order valence-corrected chi connectivity index (χ3v) is 5.36. The molecule has 0 spiro atoms. The number of carbonyl (C=O) groups is 1. The molecule has 0 aromatic rings. The highest BCUT2D eigenvalue weighted by molar-refractivity contribution is 5.67. The van der Waals surface area contributed by atoms with E-state index in [0.717, 1.165) is 51.4 Å². The number of aliphatic hydroxyl groups excluding tert-OH is 2. The minimum absolute atomic E-state index is 0.151. The van der Waals surface area contributed by atoms with Gasteiger partial charge in [0.1, 0.15) is 0 Å². The van der Waals surface area contributed by atoms with Gasteiger partial charge in [0.05, 0.1) is 12.5 Å². The molecule has 0 saturated heterocycles. The fourth-order valence-corrected chi connectivity index (χ4v) is 3.54. The van der Waals surface area contributed by atoms with Crippen LogP contribution in [0, 0.1) is 10.8 Å². The number of carboxylic acid groups (broad SMARTS) is 1. The highest BCUT2D eigenvalue weighted by Crippen LogP contribution is 2.52. The summed E-state index contributed by atoms with van der Waals surface area (Å²) < 4.78 is 0. The zero-order valence-corrected chi connectivity index (χ0v) is 15.0. The van der Waals surface area contributed by atoms with Crippen LogP contribution in [0.1, 0.15) is 90.9 Å².